The van der Waals surface area contributed by atoms with E-state index in [2.05, 4.69) is 34.5 Å². The zero-order chi connectivity index (χ0) is 25.1. The van der Waals surface area contributed by atoms with Crippen molar-refractivity contribution in [2.24, 2.45) is 0 Å². The molecule has 0 aromatic heterocycles. The molecule has 1 spiro atoms. The van der Waals surface area contributed by atoms with Crippen LogP contribution in [0.25, 0.3) is 0 Å². The lowest BCUT2D eigenvalue weighted by Crippen LogP contribution is -2.42. The highest BCUT2D eigenvalue weighted by Crippen LogP contribution is 2.46. The highest BCUT2D eigenvalue weighted by molar-refractivity contribution is 6.42. The van der Waals surface area contributed by atoms with Crippen LogP contribution in [0.4, 0.5) is 0 Å². The number of aryl methyl sites for hydroxylation is 2. The topological polar surface area (TPSA) is 32.3 Å². The van der Waals surface area contributed by atoms with Crippen molar-refractivity contribution < 1.29 is 4.79 Å². The van der Waals surface area contributed by atoms with E-state index in [9.17, 15) is 4.79 Å². The van der Waals surface area contributed by atoms with Crippen LogP contribution in [0.3, 0.4) is 0 Å². The third-order valence-corrected chi connectivity index (χ3v) is 8.95. The molecule has 3 aromatic rings. The molecule has 1 fully saturated rings. The summed E-state index contributed by atoms with van der Waals surface area (Å²) < 4.78 is 0. The fourth-order valence-electron chi connectivity index (χ4n) is 6.01. The second-order valence-corrected chi connectivity index (χ2v) is 11.3. The fraction of sp³-hybridized carbons (Fsp3) is 0.387. The number of rotatable bonds is 7. The molecule has 1 aliphatic carbocycles. The molecule has 5 heteroatoms. The number of benzene rings is 3. The van der Waals surface area contributed by atoms with Gasteiger partial charge in [-0.25, -0.2) is 0 Å². The Hall–Kier alpha value is -2.33. The summed E-state index contributed by atoms with van der Waals surface area (Å²) in [6.45, 7) is 5.34. The summed E-state index contributed by atoms with van der Waals surface area (Å²) in [5, 5.41) is 4.29. The number of likely N-dealkylation sites (tertiary alicyclic amines) is 1. The van der Waals surface area contributed by atoms with E-state index in [4.69, 9.17) is 23.2 Å². The minimum absolute atomic E-state index is 0.0640. The average Bonchev–Trinajstić information content (AvgIpc) is 3.25. The first kappa shape index (κ1) is 25.3. The van der Waals surface area contributed by atoms with Crippen LogP contribution in [0.5, 0.6) is 0 Å². The molecule has 1 N–H and O–H groups in total. The van der Waals surface area contributed by atoms with Gasteiger partial charge in [0.1, 0.15) is 0 Å². The summed E-state index contributed by atoms with van der Waals surface area (Å²) >= 11 is 12.5. The summed E-state index contributed by atoms with van der Waals surface area (Å²) in [7, 11) is 0. The average molecular weight is 522 g/mol. The number of piperidine rings is 1. The van der Waals surface area contributed by atoms with Crippen LogP contribution in [-0.4, -0.2) is 30.4 Å². The van der Waals surface area contributed by atoms with E-state index >= 15 is 0 Å². The summed E-state index contributed by atoms with van der Waals surface area (Å²) in [4.78, 5) is 15.6. The van der Waals surface area contributed by atoms with Crippen LogP contribution >= 0.6 is 23.2 Å². The van der Waals surface area contributed by atoms with Crippen molar-refractivity contribution in [1.29, 1.82) is 0 Å². The number of halogens is 2. The first-order valence-corrected chi connectivity index (χ1v) is 13.8. The number of nitrogens with zero attached hydrogens (tertiary/aromatic N) is 1. The number of carbonyl (C=O) groups is 1. The van der Waals surface area contributed by atoms with Gasteiger partial charge in [0.15, 0.2) is 0 Å². The van der Waals surface area contributed by atoms with E-state index in [0.717, 1.165) is 43.6 Å². The number of hydrogen-bond acceptors (Lipinski definition) is 2. The first-order valence-electron chi connectivity index (χ1n) is 13.1. The Morgan fingerprint density at radius 3 is 2.47 bits per heavy atom. The van der Waals surface area contributed by atoms with Crippen LogP contribution in [0.1, 0.15) is 70.8 Å². The zero-order valence-electron chi connectivity index (χ0n) is 20.9. The maximum Gasteiger partial charge on any atom is 0.251 e. The summed E-state index contributed by atoms with van der Waals surface area (Å²) in [5.74, 6) is -0.0640. The van der Waals surface area contributed by atoms with Gasteiger partial charge in [0, 0.05) is 5.56 Å². The molecule has 1 unspecified atom stereocenters. The number of nitrogens with one attached hydrogen (secondary N) is 1. The summed E-state index contributed by atoms with van der Waals surface area (Å²) in [6, 6.07) is 22.3. The number of amides is 1. The van der Waals surface area contributed by atoms with Gasteiger partial charge in [0.2, 0.25) is 0 Å². The Balaban J connectivity index is 1.20. The lowest BCUT2D eigenvalue weighted by molar-refractivity contribution is 0.0932. The molecule has 1 amide bonds. The van der Waals surface area contributed by atoms with Crippen LogP contribution in [-0.2, 0) is 11.8 Å². The van der Waals surface area contributed by atoms with Gasteiger partial charge in [-0.2, -0.15) is 0 Å². The molecule has 0 bridgehead atoms. The Kier molecular flexibility index (Phi) is 7.71. The Labute approximate surface area is 224 Å². The minimum Gasteiger partial charge on any atom is -0.345 e. The molecule has 3 nitrogen and oxygen atoms in total. The predicted octanol–water partition coefficient (Wildman–Crippen LogP) is 7.53. The highest BCUT2D eigenvalue weighted by Gasteiger charge is 2.40. The van der Waals surface area contributed by atoms with Gasteiger partial charge >= 0.3 is 0 Å². The van der Waals surface area contributed by atoms with Crippen LogP contribution in [0.2, 0.25) is 10.0 Å². The molecule has 1 atom stereocenters. The van der Waals surface area contributed by atoms with E-state index in [1.54, 1.807) is 11.1 Å². The van der Waals surface area contributed by atoms with Gasteiger partial charge in [-0.1, -0.05) is 71.2 Å². The van der Waals surface area contributed by atoms with Gasteiger partial charge in [-0.05, 0) is 111 Å². The van der Waals surface area contributed by atoms with E-state index in [1.807, 2.05) is 49.4 Å². The van der Waals surface area contributed by atoms with E-state index in [-0.39, 0.29) is 11.9 Å². The smallest absolute Gasteiger partial charge is 0.251 e. The largest absolute Gasteiger partial charge is 0.345 e. The summed E-state index contributed by atoms with van der Waals surface area (Å²) in [6.07, 6.45) is 6.85. The lowest BCUT2D eigenvalue weighted by atomic mass is 9.74. The molecule has 2 aliphatic rings. The van der Waals surface area contributed by atoms with Gasteiger partial charge < -0.3 is 10.2 Å². The molecule has 0 saturated carbocycles. The Bertz CT molecular complexity index is 1220. The van der Waals surface area contributed by atoms with Crippen molar-refractivity contribution in [2.75, 3.05) is 19.6 Å². The minimum atomic E-state index is -0.119. The molecule has 36 heavy (non-hydrogen) atoms. The number of carbonyl (C=O) groups excluding carboxylic acids is 1. The highest BCUT2D eigenvalue weighted by atomic mass is 35.5. The van der Waals surface area contributed by atoms with Gasteiger partial charge in [0.05, 0.1) is 16.1 Å². The SMILES string of the molecule is Cc1ccc(C(=O)NC(CCCN2CCC3(CCc4ccccc43)CC2)c2ccc(Cl)c(Cl)c2)cc1. The molecule has 1 saturated heterocycles. The van der Waals surface area contributed by atoms with Gasteiger partial charge in [0.25, 0.3) is 5.91 Å². The molecular formula is C31H34Cl2N2O. The maximum atomic E-state index is 13.0. The second-order valence-electron chi connectivity index (χ2n) is 10.5. The van der Waals surface area contributed by atoms with Crippen LogP contribution in [0.15, 0.2) is 66.7 Å². The van der Waals surface area contributed by atoms with E-state index in [1.165, 1.54) is 25.7 Å². The van der Waals surface area contributed by atoms with Crippen LogP contribution in [0, 0.1) is 6.92 Å². The van der Waals surface area contributed by atoms with Gasteiger partial charge in [-0.15, -0.1) is 0 Å². The lowest BCUT2D eigenvalue weighted by Gasteiger charge is -2.40. The Morgan fingerprint density at radius 2 is 1.72 bits per heavy atom. The molecule has 1 aliphatic heterocycles. The van der Waals surface area contributed by atoms with Gasteiger partial charge in [-0.3, -0.25) is 4.79 Å². The van der Waals surface area contributed by atoms with E-state index in [0.29, 0.717) is 21.0 Å². The van der Waals surface area contributed by atoms with Crippen LogP contribution < -0.4 is 5.32 Å². The second kappa shape index (κ2) is 11.0. The first-order chi connectivity index (χ1) is 17.4. The fourth-order valence-corrected chi connectivity index (χ4v) is 6.31. The quantitative estimate of drug-likeness (QED) is 0.349. The van der Waals surface area contributed by atoms with Crippen molar-refractivity contribution >= 4 is 29.1 Å². The zero-order valence-corrected chi connectivity index (χ0v) is 22.4. The van der Waals surface area contributed by atoms with Crippen molar-refractivity contribution in [3.05, 3.63) is 105 Å². The molecule has 1 heterocycles. The number of fused-ring (bicyclic) bond motifs is 2. The summed E-state index contributed by atoms with van der Waals surface area (Å²) in [5.41, 5.74) is 6.34. The monoisotopic (exact) mass is 520 g/mol. The third kappa shape index (κ3) is 5.49. The van der Waals surface area contributed by atoms with Crippen molar-refractivity contribution in [2.45, 2.75) is 56.9 Å². The van der Waals surface area contributed by atoms with Crippen molar-refractivity contribution in [3.8, 4) is 0 Å². The third-order valence-electron chi connectivity index (χ3n) is 8.21. The molecule has 5 rings (SSSR count). The molecule has 188 valence electrons. The maximum absolute atomic E-state index is 13.0. The molecular weight excluding hydrogens is 487 g/mol. The van der Waals surface area contributed by atoms with E-state index < -0.39 is 0 Å². The van der Waals surface area contributed by atoms with Crippen molar-refractivity contribution in [3.63, 3.8) is 0 Å². The van der Waals surface area contributed by atoms with Crippen molar-refractivity contribution in [1.82, 2.24) is 10.2 Å². The normalized spacial score (nSPS) is 17.6. The molecule has 0 radical (unpaired) electrons. The standard InChI is InChI=1S/C31H34Cl2N2O/c1-22-8-10-24(11-9-22)30(36)34-29(25-12-13-27(32)28(33)21-25)7-4-18-35-19-16-31(17-20-35)15-14-23-5-2-3-6-26(23)31/h2-3,5-6,8-13,21,29H,4,7,14-20H2,1H3,(H,34,36). The Morgan fingerprint density at radius 1 is 0.972 bits per heavy atom. The number of hydrogen-bond donors (Lipinski definition) is 1. The molecule has 3 aromatic carbocycles. The predicted molar refractivity (Wildman–Crippen MR) is 149 cm³/mol.